The zero-order valence-electron chi connectivity index (χ0n) is 6.30. The summed E-state index contributed by atoms with van der Waals surface area (Å²) >= 11 is 0. The van der Waals surface area contributed by atoms with Crippen LogP contribution in [0.2, 0.25) is 0 Å². The summed E-state index contributed by atoms with van der Waals surface area (Å²) in [4.78, 5) is 0. The lowest BCUT2D eigenvalue weighted by Crippen LogP contribution is -2.32. The molecule has 0 rings (SSSR count). The third-order valence-electron chi connectivity index (χ3n) is 1.38. The van der Waals surface area contributed by atoms with Crippen molar-refractivity contribution in [3.63, 3.8) is 0 Å². The van der Waals surface area contributed by atoms with Gasteiger partial charge in [-0.05, 0) is 6.42 Å². The Kier molecular flexibility index (Phi) is 6.14. The van der Waals surface area contributed by atoms with Crippen LogP contribution in [0.4, 0.5) is 0 Å². The standard InChI is InChI=1S/C7H14N2O/c1-2-7(6-10)9-5-3-4-8/h7,9-10H,2-3,5-6H2,1H3. The van der Waals surface area contributed by atoms with Crippen LogP contribution in [0.5, 0.6) is 0 Å². The van der Waals surface area contributed by atoms with Crippen LogP contribution in [0.15, 0.2) is 0 Å². The van der Waals surface area contributed by atoms with Crippen LogP contribution in [0.3, 0.4) is 0 Å². The highest BCUT2D eigenvalue weighted by Crippen LogP contribution is 1.87. The molecule has 0 heterocycles. The molecule has 0 fully saturated rings. The first-order valence-electron chi connectivity index (χ1n) is 3.56. The Morgan fingerprint density at radius 2 is 2.40 bits per heavy atom. The smallest absolute Gasteiger partial charge is 0.0635 e. The van der Waals surface area contributed by atoms with E-state index in [2.05, 4.69) is 5.32 Å². The average Bonchev–Trinajstić information content (AvgIpc) is 1.99. The van der Waals surface area contributed by atoms with Crippen molar-refractivity contribution < 1.29 is 5.11 Å². The first-order chi connectivity index (χ1) is 4.85. The number of aliphatic hydroxyl groups is 1. The van der Waals surface area contributed by atoms with E-state index in [1.165, 1.54) is 0 Å². The third-order valence-corrected chi connectivity index (χ3v) is 1.38. The first-order valence-corrected chi connectivity index (χ1v) is 3.56. The minimum atomic E-state index is 0.155. The lowest BCUT2D eigenvalue weighted by Gasteiger charge is -2.11. The molecule has 0 spiro atoms. The quantitative estimate of drug-likeness (QED) is 0.541. The predicted molar refractivity (Wildman–Crippen MR) is 39.4 cm³/mol. The molecule has 0 saturated carbocycles. The summed E-state index contributed by atoms with van der Waals surface area (Å²) in [5, 5.41) is 19.9. The molecular weight excluding hydrogens is 128 g/mol. The van der Waals surface area contributed by atoms with Crippen molar-refractivity contribution in [2.45, 2.75) is 25.8 Å². The first kappa shape index (κ1) is 9.41. The molecule has 0 saturated heterocycles. The SMILES string of the molecule is CCC(CO)NCCC#N. The second-order valence-electron chi connectivity index (χ2n) is 2.15. The van der Waals surface area contributed by atoms with Gasteiger partial charge < -0.3 is 10.4 Å². The van der Waals surface area contributed by atoms with Crippen molar-refractivity contribution >= 4 is 0 Å². The van der Waals surface area contributed by atoms with E-state index in [0.717, 1.165) is 6.42 Å². The minimum Gasteiger partial charge on any atom is -0.395 e. The maximum Gasteiger partial charge on any atom is 0.0635 e. The predicted octanol–water partition coefficient (Wildman–Crippen LogP) is 0.261. The lowest BCUT2D eigenvalue weighted by molar-refractivity contribution is 0.240. The highest BCUT2D eigenvalue weighted by molar-refractivity contribution is 4.72. The van der Waals surface area contributed by atoms with Crippen LogP contribution in [-0.2, 0) is 0 Å². The molecule has 0 aliphatic rings. The van der Waals surface area contributed by atoms with Crippen LogP contribution < -0.4 is 5.32 Å². The molecule has 0 radical (unpaired) electrons. The van der Waals surface area contributed by atoms with Crippen molar-refractivity contribution in [2.75, 3.05) is 13.2 Å². The summed E-state index contributed by atoms with van der Waals surface area (Å²) in [6.07, 6.45) is 1.42. The summed E-state index contributed by atoms with van der Waals surface area (Å²) in [5.74, 6) is 0. The maximum atomic E-state index is 8.68. The van der Waals surface area contributed by atoms with Gasteiger partial charge in [0.15, 0.2) is 0 Å². The van der Waals surface area contributed by atoms with Crippen LogP contribution >= 0.6 is 0 Å². The van der Waals surface area contributed by atoms with E-state index in [-0.39, 0.29) is 12.6 Å². The Balaban J connectivity index is 3.19. The molecule has 0 aliphatic heterocycles. The monoisotopic (exact) mass is 142 g/mol. The van der Waals surface area contributed by atoms with Gasteiger partial charge in [0.05, 0.1) is 12.7 Å². The summed E-state index contributed by atoms with van der Waals surface area (Å²) in [7, 11) is 0. The highest BCUT2D eigenvalue weighted by atomic mass is 16.3. The molecule has 1 atom stereocenters. The summed E-state index contributed by atoms with van der Waals surface area (Å²) in [6, 6.07) is 2.19. The minimum absolute atomic E-state index is 0.155. The van der Waals surface area contributed by atoms with Crippen LogP contribution in [0.25, 0.3) is 0 Å². The molecule has 1 unspecified atom stereocenters. The van der Waals surface area contributed by atoms with E-state index in [9.17, 15) is 0 Å². The van der Waals surface area contributed by atoms with E-state index in [1.54, 1.807) is 0 Å². The second-order valence-corrected chi connectivity index (χ2v) is 2.15. The molecule has 0 aromatic rings. The maximum absolute atomic E-state index is 8.68. The van der Waals surface area contributed by atoms with E-state index in [1.807, 2.05) is 13.0 Å². The van der Waals surface area contributed by atoms with E-state index in [4.69, 9.17) is 10.4 Å². The fourth-order valence-corrected chi connectivity index (χ4v) is 0.670. The number of hydrogen-bond acceptors (Lipinski definition) is 3. The van der Waals surface area contributed by atoms with Gasteiger partial charge in [-0.15, -0.1) is 0 Å². The zero-order valence-corrected chi connectivity index (χ0v) is 6.30. The topological polar surface area (TPSA) is 56.0 Å². The van der Waals surface area contributed by atoms with Gasteiger partial charge in [-0.3, -0.25) is 0 Å². The van der Waals surface area contributed by atoms with Gasteiger partial charge in [0.25, 0.3) is 0 Å². The number of hydrogen-bond donors (Lipinski definition) is 2. The Morgan fingerprint density at radius 1 is 1.70 bits per heavy atom. The van der Waals surface area contributed by atoms with Crippen molar-refractivity contribution in [1.82, 2.24) is 5.32 Å². The van der Waals surface area contributed by atoms with Gasteiger partial charge in [0, 0.05) is 19.0 Å². The van der Waals surface area contributed by atoms with Gasteiger partial charge in [0.1, 0.15) is 0 Å². The Bertz CT molecular complexity index is 105. The fourth-order valence-electron chi connectivity index (χ4n) is 0.670. The van der Waals surface area contributed by atoms with Crippen molar-refractivity contribution in [2.24, 2.45) is 0 Å². The third kappa shape index (κ3) is 4.30. The molecule has 0 aromatic carbocycles. The number of aliphatic hydroxyl groups excluding tert-OH is 1. The Morgan fingerprint density at radius 3 is 2.80 bits per heavy atom. The molecule has 2 N–H and O–H groups in total. The fraction of sp³-hybridized carbons (Fsp3) is 0.857. The van der Waals surface area contributed by atoms with Crippen LogP contribution in [0.1, 0.15) is 19.8 Å². The molecule has 0 aromatic heterocycles. The summed E-state index contributed by atoms with van der Waals surface area (Å²) in [5.41, 5.74) is 0. The normalized spacial score (nSPS) is 12.5. The van der Waals surface area contributed by atoms with Crippen LogP contribution in [-0.4, -0.2) is 24.3 Å². The molecule has 0 aliphatic carbocycles. The van der Waals surface area contributed by atoms with Gasteiger partial charge in [-0.2, -0.15) is 5.26 Å². The largest absolute Gasteiger partial charge is 0.395 e. The molecule has 3 heteroatoms. The van der Waals surface area contributed by atoms with Gasteiger partial charge in [0.2, 0.25) is 0 Å². The highest BCUT2D eigenvalue weighted by Gasteiger charge is 2.00. The molecule has 10 heavy (non-hydrogen) atoms. The number of rotatable bonds is 5. The molecule has 0 amide bonds. The van der Waals surface area contributed by atoms with E-state index >= 15 is 0 Å². The van der Waals surface area contributed by atoms with Crippen LogP contribution in [0, 0.1) is 11.3 Å². The Labute approximate surface area is 61.7 Å². The molecule has 3 nitrogen and oxygen atoms in total. The van der Waals surface area contributed by atoms with E-state index < -0.39 is 0 Å². The number of nitrogens with zero attached hydrogens (tertiary/aromatic N) is 1. The summed E-state index contributed by atoms with van der Waals surface area (Å²) < 4.78 is 0. The Hall–Kier alpha value is -0.590. The van der Waals surface area contributed by atoms with E-state index in [0.29, 0.717) is 13.0 Å². The van der Waals surface area contributed by atoms with Gasteiger partial charge in [-0.25, -0.2) is 0 Å². The van der Waals surface area contributed by atoms with Gasteiger partial charge in [-0.1, -0.05) is 6.92 Å². The zero-order chi connectivity index (χ0) is 7.82. The molecule has 58 valence electrons. The lowest BCUT2D eigenvalue weighted by atomic mass is 10.2. The average molecular weight is 142 g/mol. The van der Waals surface area contributed by atoms with Crippen molar-refractivity contribution in [3.8, 4) is 6.07 Å². The molecular formula is C7H14N2O. The van der Waals surface area contributed by atoms with Crippen molar-refractivity contribution in [3.05, 3.63) is 0 Å². The molecule has 0 bridgehead atoms. The summed E-state index contributed by atoms with van der Waals surface area (Å²) in [6.45, 7) is 2.83. The van der Waals surface area contributed by atoms with Crippen molar-refractivity contribution in [1.29, 1.82) is 5.26 Å². The second kappa shape index (κ2) is 6.53. The number of nitrogens with one attached hydrogen (secondary N) is 1. The number of nitriles is 1. The van der Waals surface area contributed by atoms with Gasteiger partial charge >= 0.3 is 0 Å².